The fourth-order valence-electron chi connectivity index (χ4n) is 3.00. The molecule has 6 nitrogen and oxygen atoms in total. The first-order valence-electron chi connectivity index (χ1n) is 8.90. The summed E-state index contributed by atoms with van der Waals surface area (Å²) in [6.45, 7) is 0.308. The predicted molar refractivity (Wildman–Crippen MR) is 106 cm³/mol. The third-order valence-corrected chi connectivity index (χ3v) is 4.63. The Labute approximate surface area is 170 Å². The molecule has 0 saturated carbocycles. The number of nitrogens with zero attached hydrogens (tertiary/aromatic N) is 3. The maximum absolute atomic E-state index is 13.4. The number of benzene rings is 1. The summed E-state index contributed by atoms with van der Waals surface area (Å²) in [6, 6.07) is 6.05. The number of halogens is 4. The number of hydrogen-bond acceptors (Lipinski definition) is 5. The van der Waals surface area contributed by atoms with Gasteiger partial charge in [-0.1, -0.05) is 22.8 Å². The van der Waals surface area contributed by atoms with Crippen LogP contribution in [0.2, 0.25) is 5.02 Å². The second kappa shape index (κ2) is 9.71. The number of pyridine rings is 1. The van der Waals surface area contributed by atoms with Crippen LogP contribution < -0.4 is 10.6 Å². The molecule has 3 rings (SSSR count). The topological polar surface area (TPSA) is 81.9 Å². The molecule has 1 aromatic carbocycles. The van der Waals surface area contributed by atoms with Crippen molar-refractivity contribution < 1.29 is 18.4 Å². The summed E-state index contributed by atoms with van der Waals surface area (Å²) in [5.74, 6) is 0.733. The lowest BCUT2D eigenvalue weighted by molar-refractivity contribution is 0.146. The molecular weight excluding hydrogens is 407 g/mol. The van der Waals surface area contributed by atoms with E-state index < -0.39 is 12.2 Å². The van der Waals surface area contributed by atoms with Crippen molar-refractivity contribution in [3.05, 3.63) is 58.0 Å². The van der Waals surface area contributed by atoms with E-state index in [1.807, 2.05) is 0 Å². The smallest absolute Gasteiger partial charge is 0.250 e. The molecular formula is C19H19ClF3N5O. The molecule has 0 spiro atoms. The highest BCUT2D eigenvalue weighted by Crippen LogP contribution is 2.26. The zero-order valence-corrected chi connectivity index (χ0v) is 16.1. The van der Waals surface area contributed by atoms with E-state index in [1.54, 1.807) is 18.3 Å². The molecule has 0 bridgehead atoms. The fraction of sp³-hybridized carbons (Fsp3) is 0.316. The van der Waals surface area contributed by atoms with E-state index in [2.05, 4.69) is 25.8 Å². The van der Waals surface area contributed by atoms with Crippen molar-refractivity contribution in [2.75, 3.05) is 25.0 Å². The average Bonchev–Trinajstić information content (AvgIpc) is 3.11. The zero-order valence-electron chi connectivity index (χ0n) is 15.3. The van der Waals surface area contributed by atoms with E-state index in [9.17, 15) is 18.4 Å². The maximum atomic E-state index is 13.4. The molecule has 0 fully saturated rings. The van der Waals surface area contributed by atoms with Crippen LogP contribution in [0.5, 0.6) is 0 Å². The van der Waals surface area contributed by atoms with Crippen molar-refractivity contribution in [2.24, 2.45) is 10.1 Å². The van der Waals surface area contributed by atoms with E-state index in [-0.39, 0.29) is 18.0 Å². The fourth-order valence-corrected chi connectivity index (χ4v) is 3.20. The largest absolute Gasteiger partial charge is 0.411 e. The standard InChI is InChI=1S/C19H19ClF3N5O/c20-14-7-11(1-2-15(14)21)8-16(28-29)12-3-4-26-19-13(12)9-18(27-19)25-6-5-24-10-17(22)23/h1-4,7,17,24,29H,5-6,8-10H2,(H,25,26,27)/b28-16+. The van der Waals surface area contributed by atoms with Crippen molar-refractivity contribution >= 4 is 29.0 Å². The Morgan fingerprint density at radius 3 is 2.90 bits per heavy atom. The molecule has 1 aromatic heterocycles. The molecule has 0 saturated heterocycles. The Kier molecular flexibility index (Phi) is 7.05. The van der Waals surface area contributed by atoms with Gasteiger partial charge in [0.2, 0.25) is 0 Å². The summed E-state index contributed by atoms with van der Waals surface area (Å²) < 4.78 is 37.6. The summed E-state index contributed by atoms with van der Waals surface area (Å²) in [7, 11) is 0. The number of nitrogens with one attached hydrogen (secondary N) is 2. The van der Waals surface area contributed by atoms with Gasteiger partial charge in [-0.2, -0.15) is 0 Å². The molecule has 0 aliphatic carbocycles. The highest BCUT2D eigenvalue weighted by atomic mass is 35.5. The maximum Gasteiger partial charge on any atom is 0.250 e. The first-order valence-corrected chi connectivity index (χ1v) is 9.28. The minimum absolute atomic E-state index is 0.00344. The van der Waals surface area contributed by atoms with Gasteiger partial charge < -0.3 is 15.8 Å². The number of hydrogen-bond donors (Lipinski definition) is 3. The third-order valence-electron chi connectivity index (χ3n) is 4.34. The molecule has 3 N–H and O–H groups in total. The molecule has 2 heterocycles. The first-order chi connectivity index (χ1) is 14.0. The average molecular weight is 426 g/mol. The van der Waals surface area contributed by atoms with E-state index in [0.717, 1.165) is 5.56 Å². The molecule has 0 radical (unpaired) electrons. The Hall–Kier alpha value is -2.65. The molecule has 10 heteroatoms. The van der Waals surface area contributed by atoms with Gasteiger partial charge in [-0.15, -0.1) is 0 Å². The van der Waals surface area contributed by atoms with Crippen LogP contribution in [0, 0.1) is 5.82 Å². The van der Waals surface area contributed by atoms with Gasteiger partial charge in [-0.05, 0) is 23.8 Å². The Morgan fingerprint density at radius 1 is 1.34 bits per heavy atom. The highest BCUT2D eigenvalue weighted by molar-refractivity contribution is 6.30. The highest BCUT2D eigenvalue weighted by Gasteiger charge is 2.23. The van der Waals surface area contributed by atoms with Gasteiger partial charge in [-0.3, -0.25) is 4.99 Å². The van der Waals surface area contributed by atoms with Crippen LogP contribution in [0.3, 0.4) is 0 Å². The van der Waals surface area contributed by atoms with Crippen LogP contribution in [0.4, 0.5) is 19.0 Å². The Morgan fingerprint density at radius 2 is 2.17 bits per heavy atom. The monoisotopic (exact) mass is 425 g/mol. The summed E-state index contributed by atoms with van der Waals surface area (Å²) >= 11 is 5.83. The SMILES string of the molecule is O/N=C(\Cc1ccc(F)c(Cl)c1)c1ccnc2c1CC(=NCCNCC(F)F)N2. The van der Waals surface area contributed by atoms with Gasteiger partial charge in [-0.25, -0.2) is 18.2 Å². The van der Waals surface area contributed by atoms with Crippen LogP contribution in [0.15, 0.2) is 40.6 Å². The van der Waals surface area contributed by atoms with E-state index in [0.29, 0.717) is 48.0 Å². The van der Waals surface area contributed by atoms with Crippen molar-refractivity contribution in [3.63, 3.8) is 0 Å². The van der Waals surface area contributed by atoms with Crippen LogP contribution >= 0.6 is 11.6 Å². The summed E-state index contributed by atoms with van der Waals surface area (Å²) in [4.78, 5) is 8.64. The number of anilines is 1. The van der Waals surface area contributed by atoms with Crippen molar-refractivity contribution in [1.29, 1.82) is 0 Å². The van der Waals surface area contributed by atoms with E-state index in [1.165, 1.54) is 12.1 Å². The summed E-state index contributed by atoms with van der Waals surface area (Å²) in [5.41, 5.74) is 2.58. The second-order valence-corrected chi connectivity index (χ2v) is 6.79. The molecule has 1 aliphatic heterocycles. The number of alkyl halides is 2. The zero-order chi connectivity index (χ0) is 20.8. The number of aromatic nitrogens is 1. The molecule has 1 aliphatic rings. The summed E-state index contributed by atoms with van der Waals surface area (Å²) in [5, 5.41) is 18.7. The number of oxime groups is 1. The number of aliphatic imine (C=N–C) groups is 1. The van der Waals surface area contributed by atoms with Crippen LogP contribution in [-0.4, -0.2) is 47.8 Å². The van der Waals surface area contributed by atoms with Crippen LogP contribution in [0.1, 0.15) is 16.7 Å². The molecule has 2 aromatic rings. The molecule has 0 atom stereocenters. The number of rotatable bonds is 8. The van der Waals surface area contributed by atoms with Crippen LogP contribution in [0.25, 0.3) is 0 Å². The molecule has 154 valence electrons. The van der Waals surface area contributed by atoms with Gasteiger partial charge in [0.1, 0.15) is 17.5 Å². The van der Waals surface area contributed by atoms with Crippen molar-refractivity contribution in [3.8, 4) is 0 Å². The minimum Gasteiger partial charge on any atom is -0.411 e. The minimum atomic E-state index is -2.39. The normalized spacial score (nSPS) is 15.1. The van der Waals surface area contributed by atoms with Crippen molar-refractivity contribution in [2.45, 2.75) is 19.3 Å². The first kappa shape index (κ1) is 21.1. The molecule has 0 amide bonds. The quantitative estimate of drug-likeness (QED) is 0.261. The Bertz CT molecular complexity index is 936. The van der Waals surface area contributed by atoms with Gasteiger partial charge in [0.25, 0.3) is 6.43 Å². The lowest BCUT2D eigenvalue weighted by Gasteiger charge is -2.09. The predicted octanol–water partition coefficient (Wildman–Crippen LogP) is 3.52. The third kappa shape index (κ3) is 5.45. The van der Waals surface area contributed by atoms with Gasteiger partial charge in [0, 0.05) is 36.7 Å². The van der Waals surface area contributed by atoms with Crippen molar-refractivity contribution in [1.82, 2.24) is 10.3 Å². The number of fused-ring (bicyclic) bond motifs is 1. The van der Waals surface area contributed by atoms with Gasteiger partial charge in [0.15, 0.2) is 0 Å². The molecule has 0 unspecified atom stereocenters. The molecule has 29 heavy (non-hydrogen) atoms. The van der Waals surface area contributed by atoms with Gasteiger partial charge in [0.05, 0.1) is 23.8 Å². The Balaban J connectivity index is 1.71. The number of amidine groups is 1. The lowest BCUT2D eigenvalue weighted by atomic mass is 9.98. The second-order valence-electron chi connectivity index (χ2n) is 6.38. The van der Waals surface area contributed by atoms with Gasteiger partial charge >= 0.3 is 0 Å². The van der Waals surface area contributed by atoms with E-state index in [4.69, 9.17) is 11.6 Å². The lowest BCUT2D eigenvalue weighted by Crippen LogP contribution is -2.24. The van der Waals surface area contributed by atoms with Crippen LogP contribution in [-0.2, 0) is 12.8 Å². The summed E-state index contributed by atoms with van der Waals surface area (Å²) in [6.07, 6.45) is -0.125. The van der Waals surface area contributed by atoms with E-state index >= 15 is 0 Å².